The lowest BCUT2D eigenvalue weighted by atomic mass is 9.75. The highest BCUT2D eigenvalue weighted by molar-refractivity contribution is 5.95. The summed E-state index contributed by atoms with van der Waals surface area (Å²) in [6, 6.07) is 16.6. The molecular weight excluding hydrogens is 408 g/mol. The van der Waals surface area contributed by atoms with Gasteiger partial charge in [0.25, 0.3) is 0 Å². The number of carbonyl (C=O) groups excluding carboxylic acids is 1. The molecule has 0 spiro atoms. The van der Waals surface area contributed by atoms with Gasteiger partial charge in [0, 0.05) is 31.0 Å². The molecule has 1 saturated heterocycles. The lowest BCUT2D eigenvalue weighted by Crippen LogP contribution is -2.60. The molecule has 0 bridgehead atoms. The van der Waals surface area contributed by atoms with Crippen molar-refractivity contribution in [3.8, 4) is 0 Å². The number of aliphatic hydroxyl groups is 1. The number of benzene rings is 2. The second kappa shape index (κ2) is 9.93. The third-order valence-electron chi connectivity index (χ3n) is 6.07. The van der Waals surface area contributed by atoms with Crippen molar-refractivity contribution in [3.63, 3.8) is 0 Å². The number of nitrogens with zero attached hydrogens (tertiary/aromatic N) is 1. The van der Waals surface area contributed by atoms with Crippen LogP contribution in [0.15, 0.2) is 54.6 Å². The van der Waals surface area contributed by atoms with E-state index in [0.717, 1.165) is 11.1 Å². The van der Waals surface area contributed by atoms with Crippen molar-refractivity contribution < 1.29 is 19.8 Å². The van der Waals surface area contributed by atoms with E-state index in [9.17, 15) is 19.8 Å². The maximum Gasteiger partial charge on any atom is 0.317 e. The second-order valence-electron chi connectivity index (χ2n) is 8.34. The van der Waals surface area contributed by atoms with Crippen LogP contribution in [0.1, 0.15) is 42.4 Å². The highest BCUT2D eigenvalue weighted by Crippen LogP contribution is 2.45. The summed E-state index contributed by atoms with van der Waals surface area (Å²) in [6.07, 6.45) is -0.0594. The molecule has 2 aromatic carbocycles. The van der Waals surface area contributed by atoms with Crippen LogP contribution in [0, 0.1) is 5.41 Å². The van der Waals surface area contributed by atoms with E-state index in [0.29, 0.717) is 18.5 Å². The normalized spacial score (nSPS) is 21.8. The van der Waals surface area contributed by atoms with Crippen molar-refractivity contribution in [2.24, 2.45) is 5.73 Å². The van der Waals surface area contributed by atoms with Crippen LogP contribution in [-0.4, -0.2) is 57.6 Å². The van der Waals surface area contributed by atoms with E-state index in [1.165, 1.54) is 0 Å². The van der Waals surface area contributed by atoms with E-state index in [-0.39, 0.29) is 37.2 Å². The van der Waals surface area contributed by atoms with Crippen LogP contribution in [-0.2, 0) is 16.1 Å². The van der Waals surface area contributed by atoms with Gasteiger partial charge in [-0.25, -0.2) is 0 Å². The second-order valence-corrected chi connectivity index (χ2v) is 8.34. The smallest absolute Gasteiger partial charge is 0.317 e. The largest absolute Gasteiger partial charge is 0.480 e. The van der Waals surface area contributed by atoms with Gasteiger partial charge in [-0.3, -0.25) is 19.9 Å². The SMILES string of the molecule is CC(O)C[C@@]1(C(=O)NCc2ccc(C(=N)N)cc2)C(c2ccccc2)CCN1CC(=O)O. The Bertz CT molecular complexity index is 962. The van der Waals surface area contributed by atoms with E-state index in [4.69, 9.17) is 11.1 Å². The molecule has 3 rings (SSSR count). The number of nitrogen functional groups attached to an aromatic ring is 1. The predicted molar refractivity (Wildman–Crippen MR) is 121 cm³/mol. The summed E-state index contributed by atoms with van der Waals surface area (Å²) in [7, 11) is 0. The highest BCUT2D eigenvalue weighted by Gasteiger charge is 2.55. The molecule has 1 fully saturated rings. The van der Waals surface area contributed by atoms with Crippen LogP contribution < -0.4 is 11.1 Å². The molecule has 0 aromatic heterocycles. The number of amidine groups is 1. The summed E-state index contributed by atoms with van der Waals surface area (Å²) in [6.45, 7) is 2.02. The number of carbonyl (C=O) groups is 2. The Balaban J connectivity index is 1.92. The summed E-state index contributed by atoms with van der Waals surface area (Å²) in [5.74, 6) is -1.60. The predicted octanol–water partition coefficient (Wildman–Crippen LogP) is 1.67. The first-order chi connectivity index (χ1) is 15.2. The maximum atomic E-state index is 13.7. The molecular formula is C24H30N4O4. The summed E-state index contributed by atoms with van der Waals surface area (Å²) in [5, 5.41) is 30.3. The van der Waals surface area contributed by atoms with Crippen molar-refractivity contribution >= 4 is 17.7 Å². The van der Waals surface area contributed by atoms with Gasteiger partial charge in [0.05, 0.1) is 12.6 Å². The van der Waals surface area contributed by atoms with Crippen LogP contribution in [0.2, 0.25) is 0 Å². The molecule has 170 valence electrons. The van der Waals surface area contributed by atoms with Crippen LogP contribution in [0.5, 0.6) is 0 Å². The Morgan fingerprint density at radius 3 is 2.44 bits per heavy atom. The standard InChI is InChI=1S/C24H30N4O4/c1-16(29)13-24(23(32)27-14-17-7-9-19(10-8-17)22(25)26)20(18-5-3-2-4-6-18)11-12-28(24)15-21(30)31/h2-10,16,20,29H,11-15H2,1H3,(H3,25,26)(H,27,32)(H,30,31)/t16?,20?,24-/m0/s1. The van der Waals surface area contributed by atoms with Crippen LogP contribution in [0.3, 0.4) is 0 Å². The quantitative estimate of drug-likeness (QED) is 0.298. The Morgan fingerprint density at radius 1 is 1.22 bits per heavy atom. The Morgan fingerprint density at radius 2 is 1.88 bits per heavy atom. The molecule has 1 aliphatic rings. The highest BCUT2D eigenvalue weighted by atomic mass is 16.4. The third kappa shape index (κ3) is 4.98. The number of rotatable bonds is 9. The van der Waals surface area contributed by atoms with Gasteiger partial charge in [-0.15, -0.1) is 0 Å². The number of likely N-dealkylation sites (tertiary alicyclic amines) is 1. The Labute approximate surface area is 187 Å². The van der Waals surface area contributed by atoms with Crippen molar-refractivity contribution in [1.29, 1.82) is 5.41 Å². The Hall–Kier alpha value is -3.23. The van der Waals surface area contributed by atoms with E-state index >= 15 is 0 Å². The van der Waals surface area contributed by atoms with Crippen LogP contribution in [0.4, 0.5) is 0 Å². The molecule has 1 aliphatic heterocycles. The zero-order chi connectivity index (χ0) is 23.3. The van der Waals surface area contributed by atoms with Gasteiger partial charge in [-0.05, 0) is 24.5 Å². The summed E-state index contributed by atoms with van der Waals surface area (Å²) in [4.78, 5) is 27.0. The van der Waals surface area contributed by atoms with Crippen LogP contribution >= 0.6 is 0 Å². The third-order valence-corrected chi connectivity index (χ3v) is 6.07. The molecule has 1 heterocycles. The molecule has 1 amide bonds. The molecule has 0 aliphatic carbocycles. The first-order valence-corrected chi connectivity index (χ1v) is 10.7. The number of hydrogen-bond acceptors (Lipinski definition) is 5. The molecule has 8 heteroatoms. The monoisotopic (exact) mass is 438 g/mol. The van der Waals surface area contributed by atoms with Gasteiger partial charge in [0.15, 0.2) is 0 Å². The molecule has 0 saturated carbocycles. The number of nitrogens with one attached hydrogen (secondary N) is 2. The average molecular weight is 439 g/mol. The molecule has 2 aromatic rings. The van der Waals surface area contributed by atoms with Crippen molar-refractivity contribution in [2.75, 3.05) is 13.1 Å². The van der Waals surface area contributed by atoms with Gasteiger partial charge in [0.1, 0.15) is 11.4 Å². The zero-order valence-corrected chi connectivity index (χ0v) is 18.1. The van der Waals surface area contributed by atoms with Crippen molar-refractivity contribution in [2.45, 2.75) is 43.9 Å². The topological polar surface area (TPSA) is 140 Å². The Kier molecular flexibility index (Phi) is 7.27. The minimum atomic E-state index is -1.19. The lowest BCUT2D eigenvalue weighted by Gasteiger charge is -2.41. The van der Waals surface area contributed by atoms with E-state index < -0.39 is 17.6 Å². The lowest BCUT2D eigenvalue weighted by molar-refractivity contribution is -0.143. The summed E-state index contributed by atoms with van der Waals surface area (Å²) < 4.78 is 0. The number of nitrogens with two attached hydrogens (primary N) is 1. The van der Waals surface area contributed by atoms with Gasteiger partial charge < -0.3 is 21.3 Å². The number of hydrogen-bond donors (Lipinski definition) is 5. The number of carboxylic acids is 1. The average Bonchev–Trinajstić information content (AvgIpc) is 3.10. The molecule has 32 heavy (non-hydrogen) atoms. The molecule has 3 atom stereocenters. The number of amides is 1. The fraction of sp³-hybridized carbons (Fsp3) is 0.375. The maximum absolute atomic E-state index is 13.7. The van der Waals surface area contributed by atoms with Crippen molar-refractivity contribution in [1.82, 2.24) is 10.2 Å². The fourth-order valence-electron chi connectivity index (χ4n) is 4.71. The number of aliphatic carboxylic acids is 1. The molecule has 6 N–H and O–H groups in total. The summed E-state index contributed by atoms with van der Waals surface area (Å²) >= 11 is 0. The summed E-state index contributed by atoms with van der Waals surface area (Å²) in [5.41, 5.74) is 6.68. The first-order valence-electron chi connectivity index (χ1n) is 10.7. The molecule has 8 nitrogen and oxygen atoms in total. The first kappa shape index (κ1) is 23.4. The fourth-order valence-corrected chi connectivity index (χ4v) is 4.71. The van der Waals surface area contributed by atoms with Gasteiger partial charge in [0.2, 0.25) is 5.91 Å². The van der Waals surface area contributed by atoms with E-state index in [1.807, 2.05) is 30.3 Å². The van der Waals surface area contributed by atoms with Crippen molar-refractivity contribution in [3.05, 3.63) is 71.3 Å². The minimum absolute atomic E-state index is 0.0301. The van der Waals surface area contributed by atoms with E-state index in [2.05, 4.69) is 5.32 Å². The minimum Gasteiger partial charge on any atom is -0.480 e. The van der Waals surface area contributed by atoms with Crippen LogP contribution in [0.25, 0.3) is 0 Å². The van der Waals surface area contributed by atoms with Gasteiger partial charge in [-0.2, -0.15) is 0 Å². The molecule has 0 radical (unpaired) electrons. The van der Waals surface area contributed by atoms with Gasteiger partial charge in [-0.1, -0.05) is 54.6 Å². The zero-order valence-electron chi connectivity index (χ0n) is 18.1. The molecule has 2 unspecified atom stereocenters. The number of carboxylic acid groups (broad SMARTS) is 1. The number of aliphatic hydroxyl groups excluding tert-OH is 1. The van der Waals surface area contributed by atoms with Gasteiger partial charge >= 0.3 is 5.97 Å². The van der Waals surface area contributed by atoms with E-state index in [1.54, 1.807) is 36.1 Å².